The molecule has 0 saturated carbocycles. The zero-order valence-electron chi connectivity index (χ0n) is 10.6. The Labute approximate surface area is 119 Å². The molecule has 4 nitrogen and oxygen atoms in total. The monoisotopic (exact) mass is 326 g/mol. The number of halogens is 2. The smallest absolute Gasteiger partial charge is 0.128 e. The Hall–Kier alpha value is -1.24. The minimum absolute atomic E-state index is 0.277. The molecule has 1 unspecified atom stereocenters. The molecule has 0 aliphatic rings. The van der Waals surface area contributed by atoms with Crippen LogP contribution in [-0.2, 0) is 13.0 Å². The van der Waals surface area contributed by atoms with Gasteiger partial charge in [-0.2, -0.15) is 0 Å². The van der Waals surface area contributed by atoms with Crippen LogP contribution in [0.25, 0.3) is 0 Å². The van der Waals surface area contributed by atoms with Crippen molar-refractivity contribution < 1.29 is 4.39 Å². The highest BCUT2D eigenvalue weighted by Crippen LogP contribution is 2.23. The zero-order valence-corrected chi connectivity index (χ0v) is 12.2. The SMILES string of the molecule is CCn1ccnc1CC(NN)c1cc(Br)ccc1F. The number of hydrogen-bond acceptors (Lipinski definition) is 3. The van der Waals surface area contributed by atoms with Gasteiger partial charge in [0.25, 0.3) is 0 Å². The number of nitrogens with zero attached hydrogens (tertiary/aromatic N) is 2. The molecule has 6 heteroatoms. The van der Waals surface area contributed by atoms with Crippen molar-refractivity contribution in [1.29, 1.82) is 0 Å². The number of hydrogen-bond donors (Lipinski definition) is 2. The van der Waals surface area contributed by atoms with Gasteiger partial charge >= 0.3 is 0 Å². The van der Waals surface area contributed by atoms with Gasteiger partial charge in [-0.3, -0.25) is 11.3 Å². The fourth-order valence-electron chi connectivity index (χ4n) is 2.04. The van der Waals surface area contributed by atoms with E-state index in [9.17, 15) is 4.39 Å². The maximum absolute atomic E-state index is 13.9. The average Bonchev–Trinajstić information content (AvgIpc) is 2.86. The summed E-state index contributed by atoms with van der Waals surface area (Å²) in [6, 6.07) is 4.51. The van der Waals surface area contributed by atoms with Crippen molar-refractivity contribution in [2.75, 3.05) is 0 Å². The third-order valence-corrected chi connectivity index (χ3v) is 3.56. The molecule has 0 spiro atoms. The highest BCUT2D eigenvalue weighted by molar-refractivity contribution is 9.10. The number of aromatic nitrogens is 2. The molecule has 0 saturated heterocycles. The van der Waals surface area contributed by atoms with Gasteiger partial charge in [-0.15, -0.1) is 0 Å². The molecule has 1 aromatic heterocycles. The van der Waals surface area contributed by atoms with Gasteiger partial charge in [0.15, 0.2) is 0 Å². The van der Waals surface area contributed by atoms with Gasteiger partial charge in [0.1, 0.15) is 11.6 Å². The molecular formula is C13H16BrFN4. The summed E-state index contributed by atoms with van der Waals surface area (Å²) in [6.07, 6.45) is 4.18. The van der Waals surface area contributed by atoms with Crippen molar-refractivity contribution in [3.05, 3.63) is 52.3 Å². The van der Waals surface area contributed by atoms with Crippen LogP contribution in [0.15, 0.2) is 35.1 Å². The summed E-state index contributed by atoms with van der Waals surface area (Å²) >= 11 is 3.34. The molecule has 0 amide bonds. The van der Waals surface area contributed by atoms with Crippen LogP contribution >= 0.6 is 15.9 Å². The molecule has 0 aliphatic carbocycles. The second kappa shape index (κ2) is 6.27. The highest BCUT2D eigenvalue weighted by Gasteiger charge is 2.17. The molecule has 2 rings (SSSR count). The quantitative estimate of drug-likeness (QED) is 0.655. The largest absolute Gasteiger partial charge is 0.335 e. The van der Waals surface area contributed by atoms with E-state index in [-0.39, 0.29) is 11.9 Å². The van der Waals surface area contributed by atoms with E-state index >= 15 is 0 Å². The molecular weight excluding hydrogens is 311 g/mol. The summed E-state index contributed by atoms with van der Waals surface area (Å²) in [5.74, 6) is 6.17. The van der Waals surface area contributed by atoms with Crippen molar-refractivity contribution in [3.63, 3.8) is 0 Å². The normalized spacial score (nSPS) is 12.6. The Bertz CT molecular complexity index is 555. The molecule has 102 valence electrons. The zero-order chi connectivity index (χ0) is 13.8. The average molecular weight is 327 g/mol. The fraction of sp³-hybridized carbons (Fsp3) is 0.308. The first-order valence-electron chi connectivity index (χ1n) is 6.06. The van der Waals surface area contributed by atoms with Gasteiger partial charge in [-0.25, -0.2) is 9.37 Å². The Balaban J connectivity index is 2.27. The van der Waals surface area contributed by atoms with Gasteiger partial charge in [0, 0.05) is 35.4 Å². The first kappa shape index (κ1) is 14.2. The summed E-state index contributed by atoms with van der Waals surface area (Å²) in [7, 11) is 0. The van der Waals surface area contributed by atoms with Gasteiger partial charge in [-0.1, -0.05) is 15.9 Å². The Morgan fingerprint density at radius 1 is 1.53 bits per heavy atom. The lowest BCUT2D eigenvalue weighted by molar-refractivity contribution is 0.492. The second-order valence-corrected chi connectivity index (χ2v) is 5.13. The minimum Gasteiger partial charge on any atom is -0.335 e. The first-order chi connectivity index (χ1) is 9.15. The molecule has 1 heterocycles. The van der Waals surface area contributed by atoms with E-state index in [1.165, 1.54) is 6.07 Å². The van der Waals surface area contributed by atoms with E-state index in [1.807, 2.05) is 17.7 Å². The third-order valence-electron chi connectivity index (χ3n) is 3.06. The Morgan fingerprint density at radius 2 is 2.32 bits per heavy atom. The third kappa shape index (κ3) is 3.20. The van der Waals surface area contributed by atoms with Crippen molar-refractivity contribution in [1.82, 2.24) is 15.0 Å². The maximum atomic E-state index is 13.9. The van der Waals surface area contributed by atoms with Gasteiger partial charge in [-0.05, 0) is 25.1 Å². The molecule has 1 atom stereocenters. The van der Waals surface area contributed by atoms with Crippen LogP contribution in [0.5, 0.6) is 0 Å². The van der Waals surface area contributed by atoms with E-state index in [1.54, 1.807) is 18.3 Å². The number of benzene rings is 1. The summed E-state index contributed by atoms with van der Waals surface area (Å²) < 4.78 is 16.7. The van der Waals surface area contributed by atoms with Crippen LogP contribution in [0.3, 0.4) is 0 Å². The standard InChI is InChI=1S/C13H16BrFN4/c1-2-19-6-5-17-13(19)8-12(18-16)10-7-9(14)3-4-11(10)15/h3-7,12,18H,2,8,16H2,1H3. The highest BCUT2D eigenvalue weighted by atomic mass is 79.9. The number of hydrazine groups is 1. The lowest BCUT2D eigenvalue weighted by Crippen LogP contribution is -2.31. The van der Waals surface area contributed by atoms with Crippen molar-refractivity contribution in [3.8, 4) is 0 Å². The lowest BCUT2D eigenvalue weighted by atomic mass is 10.0. The van der Waals surface area contributed by atoms with E-state index in [0.717, 1.165) is 16.8 Å². The van der Waals surface area contributed by atoms with Crippen LogP contribution in [0.2, 0.25) is 0 Å². The molecule has 19 heavy (non-hydrogen) atoms. The van der Waals surface area contributed by atoms with Gasteiger partial charge in [0.2, 0.25) is 0 Å². The van der Waals surface area contributed by atoms with Crippen molar-refractivity contribution in [2.45, 2.75) is 25.9 Å². The summed E-state index contributed by atoms with van der Waals surface area (Å²) in [6.45, 7) is 2.86. The number of imidazole rings is 1. The molecule has 1 aromatic carbocycles. The number of aryl methyl sites for hydroxylation is 1. The molecule has 0 aliphatic heterocycles. The first-order valence-corrected chi connectivity index (χ1v) is 6.86. The molecule has 2 aromatic rings. The van der Waals surface area contributed by atoms with Crippen LogP contribution < -0.4 is 11.3 Å². The van der Waals surface area contributed by atoms with E-state index in [2.05, 4.69) is 26.3 Å². The number of nitrogens with one attached hydrogen (secondary N) is 1. The number of nitrogens with two attached hydrogens (primary N) is 1. The summed E-state index contributed by atoms with van der Waals surface area (Å²) in [5.41, 5.74) is 3.19. The fourth-order valence-corrected chi connectivity index (χ4v) is 2.42. The Morgan fingerprint density at radius 3 is 3.00 bits per heavy atom. The molecule has 0 fully saturated rings. The Kier molecular flexibility index (Phi) is 4.68. The minimum atomic E-state index is -0.315. The van der Waals surface area contributed by atoms with Crippen LogP contribution in [0, 0.1) is 5.82 Å². The van der Waals surface area contributed by atoms with Crippen LogP contribution in [-0.4, -0.2) is 9.55 Å². The molecule has 0 radical (unpaired) electrons. The van der Waals surface area contributed by atoms with Crippen LogP contribution in [0.1, 0.15) is 24.4 Å². The van der Waals surface area contributed by atoms with Gasteiger partial charge < -0.3 is 4.57 Å². The molecule has 3 N–H and O–H groups in total. The molecule has 0 bridgehead atoms. The lowest BCUT2D eigenvalue weighted by Gasteiger charge is -2.17. The number of rotatable bonds is 5. The maximum Gasteiger partial charge on any atom is 0.128 e. The summed E-state index contributed by atoms with van der Waals surface area (Å²) in [4.78, 5) is 4.29. The predicted molar refractivity (Wildman–Crippen MR) is 75.8 cm³/mol. The van der Waals surface area contributed by atoms with E-state index in [0.29, 0.717) is 12.0 Å². The van der Waals surface area contributed by atoms with E-state index in [4.69, 9.17) is 5.84 Å². The van der Waals surface area contributed by atoms with Gasteiger partial charge in [0.05, 0.1) is 6.04 Å². The van der Waals surface area contributed by atoms with E-state index < -0.39 is 0 Å². The predicted octanol–water partition coefficient (Wildman–Crippen LogP) is 2.55. The van der Waals surface area contributed by atoms with Crippen molar-refractivity contribution in [2.24, 2.45) is 5.84 Å². The summed E-state index contributed by atoms with van der Waals surface area (Å²) in [5, 5.41) is 0. The topological polar surface area (TPSA) is 55.9 Å². The second-order valence-electron chi connectivity index (χ2n) is 4.22. The van der Waals surface area contributed by atoms with Crippen LogP contribution in [0.4, 0.5) is 4.39 Å². The van der Waals surface area contributed by atoms with Crippen molar-refractivity contribution >= 4 is 15.9 Å².